The average Bonchev–Trinajstić information content (AvgIpc) is 3.16. The summed E-state index contributed by atoms with van der Waals surface area (Å²) in [5.41, 5.74) is 7.25. The van der Waals surface area contributed by atoms with Gasteiger partial charge < -0.3 is 10.3 Å². The van der Waals surface area contributed by atoms with Crippen LogP contribution >= 0.6 is 12.4 Å². The number of H-pyrrole nitrogens is 1. The molecule has 27 heavy (non-hydrogen) atoms. The molecule has 3 nitrogen and oxygen atoms in total. The Morgan fingerprint density at radius 2 is 1.81 bits per heavy atom. The Kier molecular flexibility index (Phi) is 6.92. The van der Waals surface area contributed by atoms with Gasteiger partial charge in [-0.1, -0.05) is 56.4 Å². The standard InChI is InChI=1S/C23H29N3.ClH/c1-17-13-21(14-22-23(17)26-16-25-22)20-9-7-19(8-10-20)15-24-12-11-18-5-3-2-4-6-18;/h7-10,13-14,16,18,24H,2-6,11-12,15H2,1H3,(H,25,26);1H. The van der Waals surface area contributed by atoms with E-state index in [-0.39, 0.29) is 12.4 Å². The number of nitrogens with one attached hydrogen (secondary N) is 2. The topological polar surface area (TPSA) is 40.7 Å². The molecule has 1 heterocycles. The summed E-state index contributed by atoms with van der Waals surface area (Å²) in [5, 5.41) is 3.62. The van der Waals surface area contributed by atoms with Crippen molar-refractivity contribution in [2.45, 2.75) is 52.0 Å². The van der Waals surface area contributed by atoms with Gasteiger partial charge in [0.05, 0.1) is 17.4 Å². The van der Waals surface area contributed by atoms with E-state index in [1.54, 1.807) is 6.33 Å². The van der Waals surface area contributed by atoms with Gasteiger partial charge in [0.25, 0.3) is 0 Å². The summed E-state index contributed by atoms with van der Waals surface area (Å²) < 4.78 is 0. The Morgan fingerprint density at radius 1 is 1.04 bits per heavy atom. The van der Waals surface area contributed by atoms with Gasteiger partial charge >= 0.3 is 0 Å². The minimum atomic E-state index is 0. The van der Waals surface area contributed by atoms with Gasteiger partial charge in [-0.25, -0.2) is 4.98 Å². The molecule has 4 rings (SSSR count). The second-order valence-corrected chi connectivity index (χ2v) is 7.76. The molecule has 1 aliphatic carbocycles. The molecule has 2 aromatic carbocycles. The molecular formula is C23H30ClN3. The third-order valence-corrected chi connectivity index (χ3v) is 5.78. The molecule has 0 saturated heterocycles. The van der Waals surface area contributed by atoms with Crippen molar-refractivity contribution in [3.8, 4) is 11.1 Å². The lowest BCUT2D eigenvalue weighted by molar-refractivity contribution is 0.334. The highest BCUT2D eigenvalue weighted by atomic mass is 35.5. The normalized spacial score (nSPS) is 15.0. The van der Waals surface area contributed by atoms with Crippen LogP contribution in [0.1, 0.15) is 49.7 Å². The van der Waals surface area contributed by atoms with Gasteiger partial charge in [-0.15, -0.1) is 12.4 Å². The SMILES string of the molecule is Cc1cc(-c2ccc(CNCCC3CCCCC3)cc2)cc2[nH]cnc12.Cl. The first-order valence-electron chi connectivity index (χ1n) is 10.0. The maximum Gasteiger partial charge on any atom is 0.0931 e. The molecule has 1 aromatic heterocycles. The van der Waals surface area contributed by atoms with Crippen molar-refractivity contribution >= 4 is 23.4 Å². The van der Waals surface area contributed by atoms with Gasteiger partial charge in [0.2, 0.25) is 0 Å². The fourth-order valence-corrected chi connectivity index (χ4v) is 4.22. The minimum Gasteiger partial charge on any atom is -0.345 e. The predicted molar refractivity (Wildman–Crippen MR) is 116 cm³/mol. The fourth-order valence-electron chi connectivity index (χ4n) is 4.22. The van der Waals surface area contributed by atoms with Crippen LogP contribution in [0.15, 0.2) is 42.7 Å². The summed E-state index contributed by atoms with van der Waals surface area (Å²) in [6, 6.07) is 13.4. The van der Waals surface area contributed by atoms with Crippen LogP contribution in [-0.2, 0) is 6.54 Å². The Balaban J connectivity index is 0.00000210. The van der Waals surface area contributed by atoms with Crippen molar-refractivity contribution in [2.75, 3.05) is 6.54 Å². The van der Waals surface area contributed by atoms with Crippen LogP contribution in [0, 0.1) is 12.8 Å². The van der Waals surface area contributed by atoms with E-state index in [1.807, 2.05) is 0 Å². The summed E-state index contributed by atoms with van der Waals surface area (Å²) in [6.45, 7) is 4.23. The van der Waals surface area contributed by atoms with Crippen molar-refractivity contribution in [3.05, 3.63) is 53.9 Å². The van der Waals surface area contributed by atoms with Gasteiger partial charge in [-0.2, -0.15) is 0 Å². The van der Waals surface area contributed by atoms with E-state index >= 15 is 0 Å². The number of hydrogen-bond acceptors (Lipinski definition) is 2. The molecule has 1 fully saturated rings. The molecule has 0 atom stereocenters. The van der Waals surface area contributed by atoms with Crippen molar-refractivity contribution in [1.82, 2.24) is 15.3 Å². The first kappa shape index (κ1) is 19.9. The van der Waals surface area contributed by atoms with Crippen LogP contribution in [0.3, 0.4) is 0 Å². The third kappa shape index (κ3) is 4.91. The summed E-state index contributed by atoms with van der Waals surface area (Å²) >= 11 is 0. The van der Waals surface area contributed by atoms with Gasteiger partial charge in [0, 0.05) is 6.54 Å². The number of nitrogens with zero attached hydrogens (tertiary/aromatic N) is 1. The molecular weight excluding hydrogens is 354 g/mol. The zero-order chi connectivity index (χ0) is 17.8. The number of benzene rings is 2. The molecule has 1 aliphatic rings. The molecule has 144 valence electrons. The summed E-state index contributed by atoms with van der Waals surface area (Å²) in [7, 11) is 0. The van der Waals surface area contributed by atoms with E-state index in [1.165, 1.54) is 60.8 Å². The van der Waals surface area contributed by atoms with Crippen LogP contribution in [0.4, 0.5) is 0 Å². The van der Waals surface area contributed by atoms with Gasteiger partial charge in [-0.3, -0.25) is 0 Å². The Bertz CT molecular complexity index is 848. The van der Waals surface area contributed by atoms with E-state index in [4.69, 9.17) is 0 Å². The number of aromatic nitrogens is 2. The highest BCUT2D eigenvalue weighted by Gasteiger charge is 2.12. The lowest BCUT2D eigenvalue weighted by Gasteiger charge is -2.21. The number of aryl methyl sites for hydroxylation is 1. The number of aromatic amines is 1. The molecule has 3 aromatic rings. The maximum atomic E-state index is 4.38. The lowest BCUT2D eigenvalue weighted by Crippen LogP contribution is -2.19. The predicted octanol–water partition coefficient (Wildman–Crippen LogP) is 6.02. The summed E-state index contributed by atoms with van der Waals surface area (Å²) in [6.07, 6.45) is 10.3. The van der Waals surface area contributed by atoms with E-state index in [2.05, 4.69) is 58.6 Å². The van der Waals surface area contributed by atoms with Gasteiger partial charge in [-0.05, 0) is 60.2 Å². The quantitative estimate of drug-likeness (QED) is 0.511. The first-order valence-corrected chi connectivity index (χ1v) is 10.0. The molecule has 0 bridgehead atoms. The second kappa shape index (κ2) is 9.38. The van der Waals surface area contributed by atoms with E-state index in [0.717, 1.165) is 30.0 Å². The van der Waals surface area contributed by atoms with Crippen molar-refractivity contribution in [2.24, 2.45) is 5.92 Å². The Hall–Kier alpha value is -1.84. The number of imidazole rings is 1. The molecule has 0 radical (unpaired) electrons. The Morgan fingerprint density at radius 3 is 2.59 bits per heavy atom. The summed E-state index contributed by atoms with van der Waals surface area (Å²) in [5.74, 6) is 0.958. The molecule has 0 spiro atoms. The molecule has 1 saturated carbocycles. The van der Waals surface area contributed by atoms with Crippen LogP contribution in [0.25, 0.3) is 22.2 Å². The van der Waals surface area contributed by atoms with Crippen LogP contribution in [0.2, 0.25) is 0 Å². The van der Waals surface area contributed by atoms with Gasteiger partial charge in [0.15, 0.2) is 0 Å². The van der Waals surface area contributed by atoms with Crippen molar-refractivity contribution in [3.63, 3.8) is 0 Å². The van der Waals surface area contributed by atoms with Crippen LogP contribution in [0.5, 0.6) is 0 Å². The zero-order valence-electron chi connectivity index (χ0n) is 16.1. The molecule has 0 unspecified atom stereocenters. The average molecular weight is 384 g/mol. The van der Waals surface area contributed by atoms with Crippen molar-refractivity contribution < 1.29 is 0 Å². The minimum absolute atomic E-state index is 0. The first-order chi connectivity index (χ1) is 12.8. The number of halogens is 1. The molecule has 0 amide bonds. The second-order valence-electron chi connectivity index (χ2n) is 7.76. The fraction of sp³-hybridized carbons (Fsp3) is 0.435. The molecule has 0 aliphatic heterocycles. The van der Waals surface area contributed by atoms with Crippen LogP contribution in [-0.4, -0.2) is 16.5 Å². The number of hydrogen-bond donors (Lipinski definition) is 2. The smallest absolute Gasteiger partial charge is 0.0931 e. The molecule has 2 N–H and O–H groups in total. The third-order valence-electron chi connectivity index (χ3n) is 5.78. The van der Waals surface area contributed by atoms with Crippen LogP contribution < -0.4 is 5.32 Å². The monoisotopic (exact) mass is 383 g/mol. The lowest BCUT2D eigenvalue weighted by atomic mass is 9.87. The highest BCUT2D eigenvalue weighted by Crippen LogP contribution is 2.27. The van der Waals surface area contributed by atoms with E-state index < -0.39 is 0 Å². The van der Waals surface area contributed by atoms with Crippen molar-refractivity contribution in [1.29, 1.82) is 0 Å². The van der Waals surface area contributed by atoms with E-state index in [0.29, 0.717) is 0 Å². The number of rotatable bonds is 6. The largest absolute Gasteiger partial charge is 0.345 e. The Labute approximate surface area is 168 Å². The zero-order valence-corrected chi connectivity index (χ0v) is 16.9. The summed E-state index contributed by atoms with van der Waals surface area (Å²) in [4.78, 5) is 7.60. The van der Waals surface area contributed by atoms with Gasteiger partial charge in [0.1, 0.15) is 0 Å². The van der Waals surface area contributed by atoms with E-state index in [9.17, 15) is 0 Å². The molecule has 4 heteroatoms. The number of fused-ring (bicyclic) bond motifs is 1. The highest BCUT2D eigenvalue weighted by molar-refractivity contribution is 5.85. The maximum absolute atomic E-state index is 4.38.